The van der Waals surface area contributed by atoms with E-state index in [1.54, 1.807) is 0 Å². The largest absolute Gasteiger partial charge is 0.256 e. The molecule has 0 aliphatic heterocycles. The van der Waals surface area contributed by atoms with Crippen molar-refractivity contribution in [3.63, 3.8) is 0 Å². The number of hydrogen-bond acceptors (Lipinski definition) is 1. The molecule has 0 N–H and O–H groups in total. The Morgan fingerprint density at radius 1 is 1.00 bits per heavy atom. The zero-order valence-electron chi connectivity index (χ0n) is 9.68. The maximum Gasteiger partial charge on any atom is 0.0708 e. The van der Waals surface area contributed by atoms with Crippen LogP contribution in [0.4, 0.5) is 0 Å². The average molecular weight is 288 g/mol. The van der Waals surface area contributed by atoms with Crippen LogP contribution in [-0.4, -0.2) is 4.98 Å². The second-order valence-electron chi connectivity index (χ2n) is 4.05. The van der Waals surface area contributed by atoms with Crippen LogP contribution in [0, 0.1) is 0 Å². The smallest absolute Gasteiger partial charge is 0.0708 e. The molecule has 1 nitrogen and oxygen atoms in total. The third-order valence-corrected chi connectivity index (χ3v) is 3.06. The van der Waals surface area contributed by atoms with Crippen molar-refractivity contribution in [1.82, 2.24) is 4.98 Å². The van der Waals surface area contributed by atoms with Crippen LogP contribution in [-0.2, 0) is 6.42 Å². The van der Waals surface area contributed by atoms with Gasteiger partial charge in [0, 0.05) is 17.0 Å². The Balaban J connectivity index is 0.00000108. The molecule has 2 aromatic carbocycles. The van der Waals surface area contributed by atoms with Gasteiger partial charge in [0.1, 0.15) is 0 Å². The SMILES string of the molecule is Br.CCc1ccc2ncc3ccccc3c2c1. The van der Waals surface area contributed by atoms with Crippen LogP contribution < -0.4 is 0 Å². The number of aryl methyl sites for hydroxylation is 1. The summed E-state index contributed by atoms with van der Waals surface area (Å²) in [6.07, 6.45) is 3.02. The quantitative estimate of drug-likeness (QED) is 0.599. The minimum Gasteiger partial charge on any atom is -0.256 e. The van der Waals surface area contributed by atoms with E-state index in [9.17, 15) is 0 Å². The van der Waals surface area contributed by atoms with E-state index in [4.69, 9.17) is 0 Å². The number of pyridine rings is 1. The van der Waals surface area contributed by atoms with Gasteiger partial charge in [0.05, 0.1) is 5.52 Å². The number of benzene rings is 2. The van der Waals surface area contributed by atoms with E-state index in [0.29, 0.717) is 0 Å². The maximum atomic E-state index is 4.48. The van der Waals surface area contributed by atoms with Crippen molar-refractivity contribution < 1.29 is 0 Å². The van der Waals surface area contributed by atoms with Crippen molar-refractivity contribution in [3.05, 3.63) is 54.2 Å². The summed E-state index contributed by atoms with van der Waals surface area (Å²) in [4.78, 5) is 4.48. The molecule has 86 valence electrons. The van der Waals surface area contributed by atoms with E-state index in [1.165, 1.54) is 21.7 Å². The fourth-order valence-electron chi connectivity index (χ4n) is 2.13. The minimum absolute atomic E-state index is 0. The van der Waals surface area contributed by atoms with Gasteiger partial charge in [-0.25, -0.2) is 0 Å². The van der Waals surface area contributed by atoms with Crippen LogP contribution in [0.25, 0.3) is 21.7 Å². The maximum absolute atomic E-state index is 4.48. The summed E-state index contributed by atoms with van der Waals surface area (Å²) in [5.41, 5.74) is 2.45. The Labute approximate surface area is 111 Å². The molecule has 0 radical (unpaired) electrons. The van der Waals surface area contributed by atoms with Gasteiger partial charge in [-0.2, -0.15) is 0 Å². The second kappa shape index (κ2) is 4.84. The molecule has 2 heteroatoms. The minimum atomic E-state index is 0. The highest BCUT2D eigenvalue weighted by atomic mass is 79.9. The van der Waals surface area contributed by atoms with Gasteiger partial charge >= 0.3 is 0 Å². The molecule has 1 heterocycles. The highest BCUT2D eigenvalue weighted by Crippen LogP contribution is 2.24. The molecule has 0 saturated heterocycles. The van der Waals surface area contributed by atoms with E-state index in [-0.39, 0.29) is 17.0 Å². The highest BCUT2D eigenvalue weighted by Gasteiger charge is 2.01. The molecule has 0 bridgehead atoms. The molecule has 0 aliphatic carbocycles. The number of halogens is 1. The summed E-state index contributed by atoms with van der Waals surface area (Å²) >= 11 is 0. The van der Waals surface area contributed by atoms with Gasteiger partial charge < -0.3 is 0 Å². The lowest BCUT2D eigenvalue weighted by Gasteiger charge is -2.04. The zero-order chi connectivity index (χ0) is 11.0. The van der Waals surface area contributed by atoms with Crippen molar-refractivity contribution in [3.8, 4) is 0 Å². The average Bonchev–Trinajstić information content (AvgIpc) is 2.38. The van der Waals surface area contributed by atoms with E-state index < -0.39 is 0 Å². The summed E-state index contributed by atoms with van der Waals surface area (Å²) in [5.74, 6) is 0. The Bertz CT molecular complexity index is 661. The molecular weight excluding hydrogens is 274 g/mol. The summed E-state index contributed by atoms with van der Waals surface area (Å²) in [6, 6.07) is 14.9. The van der Waals surface area contributed by atoms with Crippen molar-refractivity contribution in [2.24, 2.45) is 0 Å². The summed E-state index contributed by atoms with van der Waals surface area (Å²) in [6.45, 7) is 2.18. The molecule has 0 amide bonds. The van der Waals surface area contributed by atoms with Crippen molar-refractivity contribution in [1.29, 1.82) is 0 Å². The van der Waals surface area contributed by atoms with Crippen molar-refractivity contribution in [2.45, 2.75) is 13.3 Å². The van der Waals surface area contributed by atoms with E-state index >= 15 is 0 Å². The molecule has 0 spiro atoms. The third kappa shape index (κ3) is 2.05. The van der Waals surface area contributed by atoms with Crippen molar-refractivity contribution >= 4 is 38.7 Å². The first kappa shape index (κ1) is 12.1. The van der Waals surface area contributed by atoms with Gasteiger partial charge in [-0.05, 0) is 29.5 Å². The molecule has 17 heavy (non-hydrogen) atoms. The lowest BCUT2D eigenvalue weighted by molar-refractivity contribution is 1.15. The van der Waals surface area contributed by atoms with Crippen LogP contribution in [0.1, 0.15) is 12.5 Å². The van der Waals surface area contributed by atoms with Gasteiger partial charge in [0.15, 0.2) is 0 Å². The number of rotatable bonds is 1. The van der Waals surface area contributed by atoms with Crippen LogP contribution >= 0.6 is 17.0 Å². The summed E-state index contributed by atoms with van der Waals surface area (Å²) in [7, 11) is 0. The molecule has 1 aromatic heterocycles. The Morgan fingerprint density at radius 2 is 1.82 bits per heavy atom. The molecule has 0 unspecified atom stereocenters. The van der Waals surface area contributed by atoms with E-state index in [2.05, 4.69) is 54.4 Å². The normalized spacial score (nSPS) is 10.4. The Hall–Kier alpha value is -1.41. The van der Waals surface area contributed by atoms with Gasteiger partial charge in [-0.3, -0.25) is 4.98 Å². The fourth-order valence-corrected chi connectivity index (χ4v) is 2.13. The first-order valence-electron chi connectivity index (χ1n) is 5.65. The number of aromatic nitrogens is 1. The Morgan fingerprint density at radius 3 is 2.65 bits per heavy atom. The van der Waals surface area contributed by atoms with Crippen LogP contribution in [0.15, 0.2) is 48.7 Å². The predicted molar refractivity (Wildman–Crippen MR) is 78.9 cm³/mol. The van der Waals surface area contributed by atoms with Gasteiger partial charge in [0.2, 0.25) is 0 Å². The number of fused-ring (bicyclic) bond motifs is 3. The Kier molecular flexibility index (Phi) is 3.43. The molecule has 0 fully saturated rings. The topological polar surface area (TPSA) is 12.9 Å². The first-order chi connectivity index (χ1) is 7.88. The highest BCUT2D eigenvalue weighted by molar-refractivity contribution is 8.93. The zero-order valence-corrected chi connectivity index (χ0v) is 11.4. The van der Waals surface area contributed by atoms with Crippen molar-refractivity contribution in [2.75, 3.05) is 0 Å². The second-order valence-corrected chi connectivity index (χ2v) is 4.05. The standard InChI is InChI=1S/C15H13N.BrH/c1-2-11-7-8-15-14(9-11)13-6-4-3-5-12(13)10-16-15;/h3-10H,2H2,1H3;1H. The lowest BCUT2D eigenvalue weighted by atomic mass is 10.0. The monoisotopic (exact) mass is 287 g/mol. The van der Waals surface area contributed by atoms with Gasteiger partial charge in [0.25, 0.3) is 0 Å². The van der Waals surface area contributed by atoms with Crippen LogP contribution in [0.2, 0.25) is 0 Å². The summed E-state index contributed by atoms with van der Waals surface area (Å²) < 4.78 is 0. The molecule has 0 atom stereocenters. The molecule has 0 aliphatic rings. The number of hydrogen-bond donors (Lipinski definition) is 0. The van der Waals surface area contributed by atoms with Crippen LogP contribution in [0.3, 0.4) is 0 Å². The van der Waals surface area contributed by atoms with Crippen LogP contribution in [0.5, 0.6) is 0 Å². The predicted octanol–water partition coefficient (Wildman–Crippen LogP) is 4.53. The lowest BCUT2D eigenvalue weighted by Crippen LogP contribution is -1.85. The molecular formula is C15H14BrN. The third-order valence-electron chi connectivity index (χ3n) is 3.06. The van der Waals surface area contributed by atoms with E-state index in [1.807, 2.05) is 6.20 Å². The first-order valence-corrected chi connectivity index (χ1v) is 5.65. The molecule has 3 rings (SSSR count). The summed E-state index contributed by atoms with van der Waals surface area (Å²) in [5, 5.41) is 3.77. The molecule has 0 saturated carbocycles. The van der Waals surface area contributed by atoms with Gasteiger partial charge in [-0.1, -0.05) is 37.3 Å². The molecule has 3 aromatic rings. The number of nitrogens with zero attached hydrogens (tertiary/aromatic N) is 1. The van der Waals surface area contributed by atoms with E-state index in [0.717, 1.165) is 11.9 Å². The van der Waals surface area contributed by atoms with Gasteiger partial charge in [-0.15, -0.1) is 17.0 Å². The fraction of sp³-hybridized carbons (Fsp3) is 0.133.